The number of nitrogens with one attached hydrogen (secondary N) is 3. The van der Waals surface area contributed by atoms with Gasteiger partial charge in [0, 0.05) is 19.1 Å². The SMILES string of the molecule is Cc1cccc(N/N=C\C(=N)c2cc(N3CCOCC3)c3sc(C(=O)NC4CC4)cc3n2)c1. The molecule has 1 aliphatic carbocycles. The highest BCUT2D eigenvalue weighted by atomic mass is 32.1. The maximum atomic E-state index is 12.6. The number of pyridine rings is 1. The van der Waals surface area contributed by atoms with Crippen molar-refractivity contribution in [3.63, 3.8) is 0 Å². The van der Waals surface area contributed by atoms with E-state index in [1.165, 1.54) is 17.6 Å². The van der Waals surface area contributed by atoms with Crippen molar-refractivity contribution in [2.45, 2.75) is 25.8 Å². The van der Waals surface area contributed by atoms with Crippen LogP contribution in [0.1, 0.15) is 33.8 Å². The lowest BCUT2D eigenvalue weighted by molar-refractivity contribution is 0.0955. The van der Waals surface area contributed by atoms with Gasteiger partial charge in [0.05, 0.1) is 57.3 Å². The Morgan fingerprint density at radius 2 is 2.09 bits per heavy atom. The molecule has 9 heteroatoms. The second kappa shape index (κ2) is 9.29. The third kappa shape index (κ3) is 5.04. The first kappa shape index (κ1) is 21.5. The maximum Gasteiger partial charge on any atom is 0.261 e. The minimum absolute atomic E-state index is 0.0472. The van der Waals surface area contributed by atoms with Gasteiger partial charge >= 0.3 is 0 Å². The van der Waals surface area contributed by atoms with Gasteiger partial charge in [-0.05, 0) is 49.6 Å². The van der Waals surface area contributed by atoms with Crippen molar-refractivity contribution < 1.29 is 9.53 Å². The van der Waals surface area contributed by atoms with Gasteiger partial charge in [-0.15, -0.1) is 11.3 Å². The molecule has 2 aromatic heterocycles. The Bertz CT molecular complexity index is 1230. The lowest BCUT2D eigenvalue weighted by Crippen LogP contribution is -2.36. The number of hydrogen-bond acceptors (Lipinski definition) is 8. The highest BCUT2D eigenvalue weighted by molar-refractivity contribution is 7.21. The van der Waals surface area contributed by atoms with Crippen LogP contribution in [0, 0.1) is 12.3 Å². The van der Waals surface area contributed by atoms with Crippen LogP contribution < -0.4 is 15.6 Å². The summed E-state index contributed by atoms with van der Waals surface area (Å²) < 4.78 is 6.48. The fourth-order valence-corrected chi connectivity index (χ4v) is 4.77. The lowest BCUT2D eigenvalue weighted by Gasteiger charge is -2.29. The quantitative estimate of drug-likeness (QED) is 0.366. The van der Waals surface area contributed by atoms with Crippen LogP contribution >= 0.6 is 11.3 Å². The zero-order chi connectivity index (χ0) is 22.8. The molecule has 0 spiro atoms. The van der Waals surface area contributed by atoms with Crippen molar-refractivity contribution in [1.82, 2.24) is 10.3 Å². The summed E-state index contributed by atoms with van der Waals surface area (Å²) >= 11 is 1.46. The van der Waals surface area contributed by atoms with E-state index >= 15 is 0 Å². The van der Waals surface area contributed by atoms with Gasteiger partial charge in [-0.2, -0.15) is 5.10 Å². The van der Waals surface area contributed by atoms with Crippen molar-refractivity contribution in [2.24, 2.45) is 5.10 Å². The number of aryl methyl sites for hydroxylation is 1. The molecule has 2 fully saturated rings. The minimum atomic E-state index is -0.0472. The summed E-state index contributed by atoms with van der Waals surface area (Å²) in [5, 5.41) is 15.8. The summed E-state index contributed by atoms with van der Waals surface area (Å²) in [7, 11) is 0. The van der Waals surface area contributed by atoms with Gasteiger partial charge in [-0.3, -0.25) is 15.6 Å². The zero-order valence-corrected chi connectivity index (χ0v) is 19.2. The molecule has 2 aliphatic rings. The standard InChI is InChI=1S/C24H26N6O2S/c1-15-3-2-4-17(11-15)29-26-14-18(25)19-12-21(30-7-9-32-10-8-30)23-20(28-19)13-22(33-23)24(31)27-16-5-6-16/h2-4,11-14,16,25,29H,5-10H2,1H3,(H,27,31)/b25-18?,26-14-. The highest BCUT2D eigenvalue weighted by Gasteiger charge is 2.26. The molecule has 0 atom stereocenters. The van der Waals surface area contributed by atoms with Gasteiger partial charge in [0.2, 0.25) is 0 Å². The molecule has 1 aromatic carbocycles. The second-order valence-electron chi connectivity index (χ2n) is 8.35. The third-order valence-corrected chi connectivity index (χ3v) is 6.77. The molecular formula is C24H26N6O2S. The first-order valence-corrected chi connectivity index (χ1v) is 11.9. The monoisotopic (exact) mass is 462 g/mol. The third-order valence-electron chi connectivity index (χ3n) is 5.63. The molecule has 170 valence electrons. The number of fused-ring (bicyclic) bond motifs is 1. The van der Waals surface area contributed by atoms with Gasteiger partial charge in [-0.25, -0.2) is 4.98 Å². The molecule has 5 rings (SSSR count). The zero-order valence-electron chi connectivity index (χ0n) is 18.4. The normalized spacial score (nSPS) is 16.3. The minimum Gasteiger partial charge on any atom is -0.378 e. The second-order valence-corrected chi connectivity index (χ2v) is 9.40. The Morgan fingerprint density at radius 1 is 1.27 bits per heavy atom. The van der Waals surface area contributed by atoms with Crippen LogP contribution in [-0.4, -0.2) is 55.2 Å². The van der Waals surface area contributed by atoms with E-state index in [4.69, 9.17) is 15.1 Å². The summed E-state index contributed by atoms with van der Waals surface area (Å²) in [6.45, 7) is 4.84. The van der Waals surface area contributed by atoms with Crippen LogP contribution in [0.2, 0.25) is 0 Å². The van der Waals surface area contributed by atoms with Crippen LogP contribution in [0.15, 0.2) is 41.5 Å². The van der Waals surface area contributed by atoms with E-state index in [0.29, 0.717) is 29.8 Å². The number of carbonyl (C=O) groups excluding carboxylic acids is 1. The number of nitrogens with zero attached hydrogens (tertiary/aromatic N) is 3. The molecule has 33 heavy (non-hydrogen) atoms. The Hall–Kier alpha value is -3.30. The van der Waals surface area contributed by atoms with E-state index in [-0.39, 0.29) is 11.6 Å². The molecule has 1 aliphatic heterocycles. The molecule has 3 aromatic rings. The number of ether oxygens (including phenoxy) is 1. The van der Waals surface area contributed by atoms with E-state index in [1.54, 1.807) is 0 Å². The molecule has 1 saturated heterocycles. The van der Waals surface area contributed by atoms with Crippen molar-refractivity contribution in [1.29, 1.82) is 5.41 Å². The Kier molecular flexibility index (Phi) is 6.06. The number of benzene rings is 1. The average Bonchev–Trinajstić information content (AvgIpc) is 3.53. The predicted octanol–water partition coefficient (Wildman–Crippen LogP) is 3.80. The molecule has 0 bridgehead atoms. The smallest absolute Gasteiger partial charge is 0.261 e. The van der Waals surface area contributed by atoms with Gasteiger partial charge in [0.15, 0.2) is 0 Å². The van der Waals surface area contributed by atoms with Crippen molar-refractivity contribution in [3.8, 4) is 0 Å². The molecule has 3 N–H and O–H groups in total. The average molecular weight is 463 g/mol. The molecular weight excluding hydrogens is 436 g/mol. The summed E-state index contributed by atoms with van der Waals surface area (Å²) in [5.41, 5.74) is 7.39. The van der Waals surface area contributed by atoms with Crippen LogP contribution in [-0.2, 0) is 4.74 Å². The fourth-order valence-electron chi connectivity index (χ4n) is 3.73. The van der Waals surface area contributed by atoms with E-state index in [0.717, 1.165) is 53.1 Å². The molecule has 1 amide bonds. The van der Waals surface area contributed by atoms with Crippen LogP contribution in [0.25, 0.3) is 10.2 Å². The number of amides is 1. The first-order chi connectivity index (χ1) is 16.1. The fraction of sp³-hybridized carbons (Fsp3) is 0.333. The number of anilines is 2. The van der Waals surface area contributed by atoms with Crippen LogP contribution in [0.4, 0.5) is 11.4 Å². The number of rotatable bonds is 7. The summed E-state index contributed by atoms with van der Waals surface area (Å²) in [6, 6.07) is 11.9. The van der Waals surface area contributed by atoms with Gasteiger partial charge in [0.25, 0.3) is 5.91 Å². The first-order valence-electron chi connectivity index (χ1n) is 11.1. The van der Waals surface area contributed by atoms with Gasteiger partial charge < -0.3 is 15.0 Å². The van der Waals surface area contributed by atoms with E-state index < -0.39 is 0 Å². The molecule has 0 unspecified atom stereocenters. The molecule has 3 heterocycles. The molecule has 8 nitrogen and oxygen atoms in total. The Morgan fingerprint density at radius 3 is 2.85 bits per heavy atom. The number of hydrogen-bond donors (Lipinski definition) is 3. The van der Waals surface area contributed by atoms with Crippen LogP contribution in [0.5, 0.6) is 0 Å². The predicted molar refractivity (Wildman–Crippen MR) is 133 cm³/mol. The van der Waals surface area contributed by atoms with Crippen molar-refractivity contribution in [3.05, 3.63) is 52.5 Å². The van der Waals surface area contributed by atoms with E-state index in [1.807, 2.05) is 43.3 Å². The summed E-state index contributed by atoms with van der Waals surface area (Å²) in [4.78, 5) is 20.2. The Labute approximate surface area is 196 Å². The van der Waals surface area contributed by atoms with Crippen LogP contribution in [0.3, 0.4) is 0 Å². The largest absolute Gasteiger partial charge is 0.378 e. The Balaban J connectivity index is 1.43. The number of hydrazone groups is 1. The number of morpholine rings is 1. The van der Waals surface area contributed by atoms with Gasteiger partial charge in [-0.1, -0.05) is 12.1 Å². The molecule has 1 saturated carbocycles. The van der Waals surface area contributed by atoms with Gasteiger partial charge in [0.1, 0.15) is 0 Å². The highest BCUT2D eigenvalue weighted by Crippen LogP contribution is 2.35. The summed E-state index contributed by atoms with van der Waals surface area (Å²) in [6.07, 6.45) is 3.56. The van der Waals surface area contributed by atoms with Crippen molar-refractivity contribution >= 4 is 50.8 Å². The topological polar surface area (TPSA) is 103 Å². The van der Waals surface area contributed by atoms with E-state index in [2.05, 4.69) is 20.7 Å². The summed E-state index contributed by atoms with van der Waals surface area (Å²) in [5.74, 6) is -0.0472. The number of aromatic nitrogens is 1. The molecule has 0 radical (unpaired) electrons. The lowest BCUT2D eigenvalue weighted by atomic mass is 10.2. The number of carbonyl (C=O) groups is 1. The maximum absolute atomic E-state index is 12.6. The van der Waals surface area contributed by atoms with Crippen molar-refractivity contribution in [2.75, 3.05) is 36.6 Å². The van der Waals surface area contributed by atoms with E-state index in [9.17, 15) is 4.79 Å². The number of thiophene rings is 1.